The Bertz CT molecular complexity index is 608. The summed E-state index contributed by atoms with van der Waals surface area (Å²) in [6.45, 7) is 7.88. The van der Waals surface area contributed by atoms with Gasteiger partial charge < -0.3 is 14.8 Å². The average Bonchev–Trinajstić information content (AvgIpc) is 2.58. The Morgan fingerprint density at radius 3 is 2.43 bits per heavy atom. The van der Waals surface area contributed by atoms with Crippen LogP contribution in [0.5, 0.6) is 11.5 Å². The lowest BCUT2D eigenvalue weighted by molar-refractivity contribution is 0.294. The summed E-state index contributed by atoms with van der Waals surface area (Å²) in [6, 6.07) is 15.1. The van der Waals surface area contributed by atoms with E-state index in [4.69, 9.17) is 9.47 Å². The fraction of sp³-hybridized carbons (Fsp3) is 0.400. The maximum atomic E-state index is 5.77. The minimum atomic E-state index is 0.303. The molecule has 0 radical (unpaired) electrons. The smallest absolute Gasteiger partial charge is 0.161 e. The van der Waals surface area contributed by atoms with Crippen molar-refractivity contribution in [1.29, 1.82) is 0 Å². The summed E-state index contributed by atoms with van der Waals surface area (Å²) in [7, 11) is 1.67. The molecule has 3 heteroatoms. The van der Waals surface area contributed by atoms with Gasteiger partial charge in [-0.25, -0.2) is 0 Å². The number of methoxy groups -OCH3 is 1. The topological polar surface area (TPSA) is 30.5 Å². The zero-order valence-corrected chi connectivity index (χ0v) is 14.6. The van der Waals surface area contributed by atoms with Crippen molar-refractivity contribution in [3.8, 4) is 11.5 Å². The molecule has 0 aliphatic rings. The van der Waals surface area contributed by atoms with Crippen molar-refractivity contribution in [2.24, 2.45) is 0 Å². The first-order valence-corrected chi connectivity index (χ1v) is 8.23. The van der Waals surface area contributed by atoms with Crippen molar-refractivity contribution < 1.29 is 9.47 Å². The van der Waals surface area contributed by atoms with Gasteiger partial charge in [0, 0.05) is 12.6 Å². The Labute approximate surface area is 139 Å². The second kappa shape index (κ2) is 8.59. The lowest BCUT2D eigenvalue weighted by Gasteiger charge is -2.16. The van der Waals surface area contributed by atoms with Gasteiger partial charge in [-0.05, 0) is 43.5 Å². The minimum absolute atomic E-state index is 0.303. The number of aryl methyl sites for hydroxylation is 1. The summed E-state index contributed by atoms with van der Waals surface area (Å²) in [5, 5.41) is 3.56. The molecule has 0 spiro atoms. The lowest BCUT2D eigenvalue weighted by Crippen LogP contribution is -2.18. The molecule has 0 bridgehead atoms. The summed E-state index contributed by atoms with van der Waals surface area (Å²) >= 11 is 0. The lowest BCUT2D eigenvalue weighted by atomic mass is 10.1. The molecule has 23 heavy (non-hydrogen) atoms. The molecule has 0 saturated carbocycles. The van der Waals surface area contributed by atoms with E-state index in [-0.39, 0.29) is 0 Å². The molecule has 2 rings (SSSR count). The van der Waals surface area contributed by atoms with Gasteiger partial charge in [-0.15, -0.1) is 0 Å². The van der Waals surface area contributed by atoms with E-state index in [9.17, 15) is 0 Å². The van der Waals surface area contributed by atoms with Gasteiger partial charge in [0.15, 0.2) is 11.5 Å². The summed E-state index contributed by atoms with van der Waals surface area (Å²) < 4.78 is 11.1. The Morgan fingerprint density at radius 1 is 1.04 bits per heavy atom. The minimum Gasteiger partial charge on any atom is -0.493 e. The molecule has 0 aliphatic carbocycles. The molecule has 124 valence electrons. The Balaban J connectivity index is 2.00. The highest BCUT2D eigenvalue weighted by atomic mass is 16.5. The second-order valence-electron chi connectivity index (χ2n) is 5.85. The number of rotatable bonds is 8. The summed E-state index contributed by atoms with van der Waals surface area (Å²) in [5.74, 6) is 1.60. The summed E-state index contributed by atoms with van der Waals surface area (Å²) in [4.78, 5) is 0. The first-order valence-electron chi connectivity index (χ1n) is 8.23. The summed E-state index contributed by atoms with van der Waals surface area (Å²) in [5.41, 5.74) is 3.77. The number of hydrogen-bond acceptors (Lipinski definition) is 3. The van der Waals surface area contributed by atoms with E-state index < -0.39 is 0 Å². The van der Waals surface area contributed by atoms with Crippen LogP contribution in [-0.4, -0.2) is 13.7 Å². The van der Waals surface area contributed by atoms with Crippen LogP contribution in [0, 0.1) is 6.92 Å². The van der Waals surface area contributed by atoms with E-state index in [0.717, 1.165) is 24.5 Å². The monoisotopic (exact) mass is 313 g/mol. The van der Waals surface area contributed by atoms with E-state index in [2.05, 4.69) is 62.5 Å². The highest BCUT2D eigenvalue weighted by molar-refractivity contribution is 5.43. The van der Waals surface area contributed by atoms with Crippen molar-refractivity contribution in [3.05, 3.63) is 59.2 Å². The standard InChI is InChI=1S/C20H27NO2/c1-5-12-23-20-13-17(8-11-19(20)22-4)14-21-16(3)18-9-6-15(2)7-10-18/h6-11,13,16,21H,5,12,14H2,1-4H3. The molecule has 3 nitrogen and oxygen atoms in total. The van der Waals surface area contributed by atoms with Crippen LogP contribution in [0.15, 0.2) is 42.5 Å². The number of hydrogen-bond donors (Lipinski definition) is 1. The van der Waals surface area contributed by atoms with Crippen molar-refractivity contribution in [1.82, 2.24) is 5.32 Å². The molecule has 0 aromatic heterocycles. The fourth-order valence-corrected chi connectivity index (χ4v) is 2.40. The second-order valence-corrected chi connectivity index (χ2v) is 5.85. The zero-order chi connectivity index (χ0) is 16.7. The number of benzene rings is 2. The van der Waals surface area contributed by atoms with Crippen LogP contribution in [-0.2, 0) is 6.54 Å². The molecule has 0 aliphatic heterocycles. The summed E-state index contributed by atoms with van der Waals surface area (Å²) in [6.07, 6.45) is 0.982. The van der Waals surface area contributed by atoms with Crippen LogP contribution in [0.1, 0.15) is 43.0 Å². The fourth-order valence-electron chi connectivity index (χ4n) is 2.40. The maximum Gasteiger partial charge on any atom is 0.161 e. The molecule has 0 amide bonds. The van der Waals surface area contributed by atoms with Gasteiger partial charge >= 0.3 is 0 Å². The van der Waals surface area contributed by atoms with Gasteiger partial charge in [0.1, 0.15) is 0 Å². The first kappa shape index (κ1) is 17.4. The van der Waals surface area contributed by atoms with Gasteiger partial charge in [0.05, 0.1) is 13.7 Å². The predicted molar refractivity (Wildman–Crippen MR) is 95.2 cm³/mol. The third kappa shape index (κ3) is 5.00. The van der Waals surface area contributed by atoms with Crippen molar-refractivity contribution in [3.63, 3.8) is 0 Å². The third-order valence-electron chi connectivity index (χ3n) is 3.88. The highest BCUT2D eigenvalue weighted by Crippen LogP contribution is 2.28. The first-order chi connectivity index (χ1) is 11.1. The van der Waals surface area contributed by atoms with E-state index >= 15 is 0 Å². The van der Waals surface area contributed by atoms with Crippen LogP contribution in [0.4, 0.5) is 0 Å². The van der Waals surface area contributed by atoms with Gasteiger partial charge in [0.25, 0.3) is 0 Å². The maximum absolute atomic E-state index is 5.77. The molecular formula is C20H27NO2. The molecule has 0 fully saturated rings. The van der Waals surface area contributed by atoms with E-state index in [1.807, 2.05) is 6.07 Å². The Morgan fingerprint density at radius 2 is 1.78 bits per heavy atom. The predicted octanol–water partition coefficient (Wildman–Crippen LogP) is 4.64. The number of ether oxygens (including phenoxy) is 2. The van der Waals surface area contributed by atoms with Crippen molar-refractivity contribution in [2.45, 2.75) is 39.8 Å². The molecule has 0 heterocycles. The van der Waals surface area contributed by atoms with Crippen LogP contribution in [0.3, 0.4) is 0 Å². The largest absolute Gasteiger partial charge is 0.493 e. The van der Waals surface area contributed by atoms with E-state index in [1.54, 1.807) is 7.11 Å². The van der Waals surface area contributed by atoms with Crippen LogP contribution in [0.2, 0.25) is 0 Å². The van der Waals surface area contributed by atoms with Crippen LogP contribution >= 0.6 is 0 Å². The zero-order valence-electron chi connectivity index (χ0n) is 14.6. The molecular weight excluding hydrogens is 286 g/mol. The van der Waals surface area contributed by atoms with E-state index in [1.165, 1.54) is 16.7 Å². The SMILES string of the molecule is CCCOc1cc(CNC(C)c2ccc(C)cc2)ccc1OC. The van der Waals surface area contributed by atoms with Gasteiger partial charge in [-0.3, -0.25) is 0 Å². The van der Waals surface area contributed by atoms with Crippen molar-refractivity contribution >= 4 is 0 Å². The van der Waals surface area contributed by atoms with Crippen LogP contribution in [0.25, 0.3) is 0 Å². The highest BCUT2D eigenvalue weighted by Gasteiger charge is 2.08. The van der Waals surface area contributed by atoms with Gasteiger partial charge in [-0.1, -0.05) is 42.8 Å². The molecule has 2 aromatic carbocycles. The molecule has 1 N–H and O–H groups in total. The average molecular weight is 313 g/mol. The number of nitrogens with one attached hydrogen (secondary N) is 1. The Hall–Kier alpha value is -2.00. The van der Waals surface area contributed by atoms with Gasteiger partial charge in [0.2, 0.25) is 0 Å². The quantitative estimate of drug-likeness (QED) is 0.770. The Kier molecular flexibility index (Phi) is 6.48. The van der Waals surface area contributed by atoms with Gasteiger partial charge in [-0.2, -0.15) is 0 Å². The van der Waals surface area contributed by atoms with Crippen LogP contribution < -0.4 is 14.8 Å². The third-order valence-corrected chi connectivity index (χ3v) is 3.88. The molecule has 1 atom stereocenters. The molecule has 1 unspecified atom stereocenters. The van der Waals surface area contributed by atoms with E-state index in [0.29, 0.717) is 12.6 Å². The molecule has 0 saturated heterocycles. The molecule has 2 aromatic rings. The normalized spacial score (nSPS) is 12.0. The van der Waals surface area contributed by atoms with Crippen molar-refractivity contribution in [2.75, 3.05) is 13.7 Å².